The highest BCUT2D eigenvalue weighted by atomic mass is 79.9. The topological polar surface area (TPSA) is 74.8 Å². The number of ketones is 1. The molecule has 0 saturated carbocycles. The number of anilines is 1. The number of hydrogen-bond acceptors (Lipinski definition) is 3. The van der Waals surface area contributed by atoms with E-state index < -0.39 is 5.92 Å². The molecule has 2 N–H and O–H groups in total. The minimum atomic E-state index is -0.473. The van der Waals surface area contributed by atoms with E-state index in [1.54, 1.807) is 12.1 Å². The molecule has 2 heterocycles. The summed E-state index contributed by atoms with van der Waals surface area (Å²) in [6.45, 7) is 1.85. The Bertz CT molecular complexity index is 691. The number of nitrogens with one attached hydrogen (secondary N) is 2. The third-order valence-corrected chi connectivity index (χ3v) is 3.96. The summed E-state index contributed by atoms with van der Waals surface area (Å²) < 4.78 is 0.913. The molecule has 3 rings (SSSR count). The number of Topliss-reactive ketones (excluding diaryl/α,β-unsaturated/α-hetero) is 1. The first-order valence-electron chi connectivity index (χ1n) is 6.20. The Morgan fingerprint density at radius 2 is 2.05 bits per heavy atom. The molecule has 1 atom stereocenters. The lowest BCUT2D eigenvalue weighted by Gasteiger charge is -2.21. The van der Waals surface area contributed by atoms with Gasteiger partial charge in [0.15, 0.2) is 11.6 Å². The van der Waals surface area contributed by atoms with Crippen molar-refractivity contribution in [2.24, 2.45) is 0 Å². The van der Waals surface area contributed by atoms with Crippen LogP contribution in [0.3, 0.4) is 0 Å². The van der Waals surface area contributed by atoms with Crippen molar-refractivity contribution in [1.29, 1.82) is 0 Å². The van der Waals surface area contributed by atoms with E-state index >= 15 is 0 Å². The van der Waals surface area contributed by atoms with Crippen molar-refractivity contribution in [2.45, 2.75) is 19.3 Å². The van der Waals surface area contributed by atoms with E-state index in [4.69, 9.17) is 0 Å². The van der Waals surface area contributed by atoms with E-state index in [0.29, 0.717) is 11.4 Å². The van der Waals surface area contributed by atoms with E-state index in [0.717, 1.165) is 15.7 Å². The van der Waals surface area contributed by atoms with Gasteiger partial charge in [0.05, 0.1) is 5.92 Å². The number of aromatic nitrogens is 2. The first kappa shape index (κ1) is 13.1. The lowest BCUT2D eigenvalue weighted by molar-refractivity contribution is -0.116. The van der Waals surface area contributed by atoms with Gasteiger partial charge in [0.2, 0.25) is 5.91 Å². The second-order valence-electron chi connectivity index (χ2n) is 4.79. The number of carbonyl (C=O) groups is 2. The summed E-state index contributed by atoms with van der Waals surface area (Å²) in [5.41, 5.74) is 2.20. The van der Waals surface area contributed by atoms with Crippen molar-refractivity contribution < 1.29 is 9.59 Å². The normalized spacial score (nSPS) is 17.5. The maximum absolute atomic E-state index is 12.6. The first-order valence-corrected chi connectivity index (χ1v) is 7.00. The number of carbonyl (C=O) groups excluding carboxylic acids is 2. The van der Waals surface area contributed by atoms with Crippen LogP contribution in [0.2, 0.25) is 0 Å². The van der Waals surface area contributed by atoms with Crippen molar-refractivity contribution in [3.63, 3.8) is 0 Å². The van der Waals surface area contributed by atoms with Crippen molar-refractivity contribution in [3.8, 4) is 0 Å². The molecule has 1 amide bonds. The predicted octanol–water partition coefficient (Wildman–Crippen LogP) is 2.79. The molecule has 0 fully saturated rings. The van der Waals surface area contributed by atoms with Gasteiger partial charge in [-0.25, -0.2) is 0 Å². The minimum Gasteiger partial charge on any atom is -0.309 e. The quantitative estimate of drug-likeness (QED) is 0.830. The SMILES string of the molecule is Cc1[nH]nc2c1[C@@H](C(=O)c1ccc(Br)cc1)CC(=O)N2. The maximum Gasteiger partial charge on any atom is 0.226 e. The fraction of sp³-hybridized carbons (Fsp3) is 0.214. The van der Waals surface area contributed by atoms with Gasteiger partial charge in [-0.1, -0.05) is 28.1 Å². The monoisotopic (exact) mass is 333 g/mol. The largest absolute Gasteiger partial charge is 0.309 e. The zero-order valence-electron chi connectivity index (χ0n) is 10.7. The average molecular weight is 334 g/mol. The van der Waals surface area contributed by atoms with Crippen molar-refractivity contribution in [2.75, 3.05) is 5.32 Å². The number of nitrogens with zero attached hydrogens (tertiary/aromatic N) is 1. The van der Waals surface area contributed by atoms with Gasteiger partial charge >= 0.3 is 0 Å². The summed E-state index contributed by atoms with van der Waals surface area (Å²) in [6, 6.07) is 7.15. The molecule has 1 aliphatic rings. The third-order valence-electron chi connectivity index (χ3n) is 3.44. The molecule has 0 spiro atoms. The van der Waals surface area contributed by atoms with Gasteiger partial charge in [0, 0.05) is 27.7 Å². The highest BCUT2D eigenvalue weighted by molar-refractivity contribution is 9.10. The fourth-order valence-corrected chi connectivity index (χ4v) is 2.73. The van der Waals surface area contributed by atoms with Gasteiger partial charge in [0.1, 0.15) is 0 Å². The number of aryl methyl sites for hydroxylation is 1. The van der Waals surface area contributed by atoms with Crippen LogP contribution in [0.25, 0.3) is 0 Å². The van der Waals surface area contributed by atoms with E-state index in [2.05, 4.69) is 31.4 Å². The summed E-state index contributed by atoms with van der Waals surface area (Å²) in [5, 5.41) is 9.54. The third kappa shape index (κ3) is 2.16. The van der Waals surface area contributed by atoms with Crippen LogP contribution < -0.4 is 5.32 Å². The van der Waals surface area contributed by atoms with Crippen LogP contribution in [0.15, 0.2) is 28.7 Å². The lowest BCUT2D eigenvalue weighted by atomic mass is 9.85. The lowest BCUT2D eigenvalue weighted by Crippen LogP contribution is -2.27. The van der Waals surface area contributed by atoms with Crippen LogP contribution in [0.4, 0.5) is 5.82 Å². The van der Waals surface area contributed by atoms with Gasteiger partial charge in [-0.2, -0.15) is 5.10 Å². The molecule has 0 saturated heterocycles. The Hall–Kier alpha value is -1.95. The summed E-state index contributed by atoms with van der Waals surface area (Å²) >= 11 is 3.34. The number of fused-ring (bicyclic) bond motifs is 1. The number of amides is 1. The Kier molecular flexibility index (Phi) is 3.17. The number of rotatable bonds is 2. The maximum atomic E-state index is 12.6. The number of H-pyrrole nitrogens is 1. The highest BCUT2D eigenvalue weighted by Gasteiger charge is 2.34. The van der Waals surface area contributed by atoms with Crippen molar-refractivity contribution >= 4 is 33.4 Å². The minimum absolute atomic E-state index is 0.0573. The van der Waals surface area contributed by atoms with Gasteiger partial charge in [-0.15, -0.1) is 0 Å². The summed E-state index contributed by atoms with van der Waals surface area (Å²) in [7, 11) is 0. The van der Waals surface area contributed by atoms with E-state index in [9.17, 15) is 9.59 Å². The molecule has 1 aromatic carbocycles. The molecule has 0 radical (unpaired) electrons. The van der Waals surface area contributed by atoms with Gasteiger partial charge < -0.3 is 5.32 Å². The zero-order valence-corrected chi connectivity index (χ0v) is 12.3. The Labute approximate surface area is 123 Å². The molecule has 6 heteroatoms. The van der Waals surface area contributed by atoms with Crippen LogP contribution in [-0.4, -0.2) is 21.9 Å². The summed E-state index contributed by atoms with van der Waals surface area (Å²) in [6.07, 6.45) is 0.155. The zero-order chi connectivity index (χ0) is 14.3. The van der Waals surface area contributed by atoms with E-state index in [1.807, 2.05) is 19.1 Å². The van der Waals surface area contributed by atoms with Gasteiger partial charge in [0.25, 0.3) is 0 Å². The van der Waals surface area contributed by atoms with Crippen LogP contribution in [0, 0.1) is 6.92 Å². The van der Waals surface area contributed by atoms with Crippen LogP contribution in [0.5, 0.6) is 0 Å². The Morgan fingerprint density at radius 3 is 2.75 bits per heavy atom. The molecule has 20 heavy (non-hydrogen) atoms. The van der Waals surface area contributed by atoms with Crippen LogP contribution >= 0.6 is 15.9 Å². The Morgan fingerprint density at radius 1 is 1.35 bits per heavy atom. The molecule has 2 aromatic rings. The first-order chi connectivity index (χ1) is 9.56. The molecular formula is C14H12BrN3O2. The van der Waals surface area contributed by atoms with Gasteiger partial charge in [-0.3, -0.25) is 14.7 Å². The smallest absolute Gasteiger partial charge is 0.226 e. The molecule has 1 aromatic heterocycles. The van der Waals surface area contributed by atoms with E-state index in [-0.39, 0.29) is 18.1 Å². The van der Waals surface area contributed by atoms with Crippen LogP contribution in [-0.2, 0) is 4.79 Å². The molecule has 102 valence electrons. The van der Waals surface area contributed by atoms with E-state index in [1.165, 1.54) is 0 Å². The number of benzene rings is 1. The van der Waals surface area contributed by atoms with Crippen LogP contribution in [0.1, 0.15) is 34.0 Å². The molecule has 1 aliphatic heterocycles. The second kappa shape index (κ2) is 4.86. The average Bonchev–Trinajstić information content (AvgIpc) is 2.79. The van der Waals surface area contributed by atoms with Crippen molar-refractivity contribution in [3.05, 3.63) is 45.6 Å². The fourth-order valence-electron chi connectivity index (χ4n) is 2.47. The molecular weight excluding hydrogens is 322 g/mol. The number of hydrogen-bond donors (Lipinski definition) is 2. The Balaban J connectivity index is 2.01. The van der Waals surface area contributed by atoms with Gasteiger partial charge in [-0.05, 0) is 19.1 Å². The summed E-state index contributed by atoms with van der Waals surface area (Å²) in [4.78, 5) is 24.3. The van der Waals surface area contributed by atoms with Crippen molar-refractivity contribution in [1.82, 2.24) is 10.2 Å². The summed E-state index contributed by atoms with van der Waals surface area (Å²) in [5.74, 6) is -0.245. The number of aromatic amines is 1. The number of halogens is 1. The second-order valence-corrected chi connectivity index (χ2v) is 5.70. The standard InChI is InChI=1S/C14H12BrN3O2/c1-7-12-10(6-11(19)16-14(12)18-17-7)13(20)8-2-4-9(15)5-3-8/h2-5,10H,6H2,1H3,(H2,16,17,18,19)/t10-/m0/s1. The highest BCUT2D eigenvalue weighted by Crippen LogP contribution is 2.35. The predicted molar refractivity (Wildman–Crippen MR) is 77.8 cm³/mol. The molecule has 5 nitrogen and oxygen atoms in total. The molecule has 0 aliphatic carbocycles. The molecule has 0 unspecified atom stereocenters. The molecule has 0 bridgehead atoms.